The maximum atomic E-state index is 15.3. The van der Waals surface area contributed by atoms with Crippen molar-refractivity contribution in [3.05, 3.63) is 118 Å². The summed E-state index contributed by atoms with van der Waals surface area (Å²) < 4.78 is 137. The number of aryl methyl sites for hydroxylation is 2. The van der Waals surface area contributed by atoms with E-state index in [2.05, 4.69) is 50.5 Å². The Hall–Kier alpha value is -5.74. The Morgan fingerprint density at radius 2 is 1.70 bits per heavy atom. The minimum atomic E-state index is -4.55. The third-order valence-electron chi connectivity index (χ3n) is 12.3. The van der Waals surface area contributed by atoms with Crippen molar-refractivity contribution in [1.82, 2.24) is 26.6 Å². The summed E-state index contributed by atoms with van der Waals surface area (Å²) >= 11 is 2.07. The maximum Gasteiger partial charge on any atom is 0.406 e. The Morgan fingerprint density at radius 1 is 0.930 bits per heavy atom. The Labute approximate surface area is 420 Å². The van der Waals surface area contributed by atoms with Gasteiger partial charge >= 0.3 is 6.18 Å². The van der Waals surface area contributed by atoms with Crippen LogP contribution in [-0.2, 0) is 23.1 Å². The molecule has 0 amide bonds. The fraction of sp³-hybridized carbons (Fsp3) is 0.388. The van der Waals surface area contributed by atoms with E-state index in [4.69, 9.17) is 14.0 Å². The number of alkyl halides is 6. The molecule has 2 fully saturated rings. The lowest BCUT2D eigenvalue weighted by Gasteiger charge is -2.35. The molecule has 0 saturated carbocycles. The molecule has 0 radical (unpaired) electrons. The minimum absolute atomic E-state index is 0.0391. The molecule has 2 aliphatic rings. The number of methoxy groups -OCH3 is 1. The Kier molecular flexibility index (Phi) is 15.7. The molecule has 8 rings (SSSR count). The highest BCUT2D eigenvalue weighted by Crippen LogP contribution is 2.34. The number of nitrogens with zero attached hydrogens (tertiary/aromatic N) is 6. The third kappa shape index (κ3) is 12.5. The molecule has 0 spiro atoms. The molecule has 71 heavy (non-hydrogen) atoms. The van der Waals surface area contributed by atoms with E-state index in [1.54, 1.807) is 74.6 Å². The third-order valence-corrected chi connectivity index (χ3v) is 15.1. The molecular formula is C49H51F6IN8O6S. The fourth-order valence-electron chi connectivity index (χ4n) is 8.81. The van der Waals surface area contributed by atoms with E-state index in [1.807, 2.05) is 3.11 Å². The van der Waals surface area contributed by atoms with Gasteiger partial charge in [0, 0.05) is 103 Å². The summed E-state index contributed by atoms with van der Waals surface area (Å²) in [5.74, 6) is 3.38. The highest BCUT2D eigenvalue weighted by molar-refractivity contribution is 14.1. The van der Waals surface area contributed by atoms with Crippen molar-refractivity contribution < 1.29 is 48.8 Å². The Balaban J connectivity index is 0.852. The van der Waals surface area contributed by atoms with Crippen LogP contribution < -0.4 is 25.7 Å². The van der Waals surface area contributed by atoms with Crippen molar-refractivity contribution in [3.63, 3.8) is 0 Å². The summed E-state index contributed by atoms with van der Waals surface area (Å²) in [4.78, 5) is 14.1. The van der Waals surface area contributed by atoms with E-state index in [1.165, 1.54) is 45.1 Å². The monoisotopic (exact) mass is 1120 g/mol. The molecule has 0 bridgehead atoms. The minimum Gasteiger partial charge on any atom is -0.495 e. The molecule has 5 heterocycles. The average Bonchev–Trinajstić information content (AvgIpc) is 3.85. The predicted molar refractivity (Wildman–Crippen MR) is 266 cm³/mol. The van der Waals surface area contributed by atoms with E-state index in [0.717, 1.165) is 15.7 Å². The second-order valence-electron chi connectivity index (χ2n) is 17.5. The van der Waals surface area contributed by atoms with E-state index in [9.17, 15) is 30.8 Å². The van der Waals surface area contributed by atoms with Gasteiger partial charge < -0.3 is 33.8 Å². The molecule has 3 aromatic heterocycles. The van der Waals surface area contributed by atoms with Crippen molar-refractivity contribution in [1.29, 1.82) is 0 Å². The topological polar surface area (TPSA) is 139 Å². The molecule has 378 valence electrons. The number of aromatic nitrogens is 3. The number of benzene rings is 3. The maximum absolute atomic E-state index is 15.3. The van der Waals surface area contributed by atoms with Gasteiger partial charge in [0.25, 0.3) is 11.5 Å². The number of fused-ring (bicyclic) bond motifs is 1. The first-order valence-electron chi connectivity index (χ1n) is 22.6. The number of ether oxygens (including phenoxy) is 2. The lowest BCUT2D eigenvalue weighted by Crippen LogP contribution is -2.52. The van der Waals surface area contributed by atoms with Crippen LogP contribution in [0, 0.1) is 25.7 Å². The van der Waals surface area contributed by atoms with Gasteiger partial charge in [0.05, 0.1) is 60.3 Å². The molecule has 3 aromatic carbocycles. The van der Waals surface area contributed by atoms with Crippen LogP contribution in [0.5, 0.6) is 11.5 Å². The number of halogens is 7. The van der Waals surface area contributed by atoms with Gasteiger partial charge in [0.15, 0.2) is 6.61 Å². The van der Waals surface area contributed by atoms with Crippen LogP contribution in [0.2, 0.25) is 0 Å². The molecule has 2 saturated heterocycles. The van der Waals surface area contributed by atoms with Gasteiger partial charge in [-0.2, -0.15) is 17.5 Å². The average molecular weight is 1120 g/mol. The van der Waals surface area contributed by atoms with E-state index >= 15 is 8.78 Å². The first-order chi connectivity index (χ1) is 33.8. The number of hydrogen-bond acceptors (Lipinski definition) is 11. The number of anilines is 2. The first kappa shape index (κ1) is 51.6. The summed E-state index contributed by atoms with van der Waals surface area (Å²) in [6.45, 7) is 1.70. The van der Waals surface area contributed by atoms with Crippen LogP contribution in [0.15, 0.2) is 99.3 Å². The molecule has 2 aliphatic heterocycles. The number of piperazine rings is 1. The Bertz CT molecular complexity index is 3090. The molecule has 14 nitrogen and oxygen atoms in total. The Morgan fingerprint density at radius 3 is 2.42 bits per heavy atom. The van der Waals surface area contributed by atoms with E-state index in [-0.39, 0.29) is 73.5 Å². The van der Waals surface area contributed by atoms with Gasteiger partial charge in [-0.3, -0.25) is 9.69 Å². The van der Waals surface area contributed by atoms with Crippen molar-refractivity contribution >= 4 is 55.2 Å². The summed E-state index contributed by atoms with van der Waals surface area (Å²) in [6.07, 6.45) is -3.50. The highest BCUT2D eigenvalue weighted by Gasteiger charge is 2.37. The normalized spacial score (nSPS) is 17.5. The summed E-state index contributed by atoms with van der Waals surface area (Å²) in [5, 5.41) is 10.7. The van der Waals surface area contributed by atoms with E-state index < -0.39 is 54.0 Å². The van der Waals surface area contributed by atoms with Crippen LogP contribution >= 0.6 is 22.9 Å². The molecule has 22 heteroatoms. The van der Waals surface area contributed by atoms with Gasteiger partial charge in [-0.05, 0) is 80.3 Å². The summed E-state index contributed by atoms with van der Waals surface area (Å²) in [6, 6.07) is 19.8. The fourth-order valence-corrected chi connectivity index (χ4v) is 10.9. The number of hydrogen-bond donors (Lipinski definition) is 2. The summed E-state index contributed by atoms with van der Waals surface area (Å²) in [5.41, 5.74) is 3.90. The van der Waals surface area contributed by atoms with Crippen molar-refractivity contribution in [2.75, 3.05) is 76.7 Å². The van der Waals surface area contributed by atoms with Gasteiger partial charge in [-0.25, -0.2) is 24.7 Å². The van der Waals surface area contributed by atoms with Crippen LogP contribution in [0.3, 0.4) is 0 Å². The predicted octanol–water partition coefficient (Wildman–Crippen LogP) is 8.35. The van der Waals surface area contributed by atoms with Crippen molar-refractivity contribution in [2.45, 2.75) is 62.6 Å². The quantitative estimate of drug-likeness (QED) is 0.0419. The van der Waals surface area contributed by atoms with Gasteiger partial charge in [-0.1, -0.05) is 29.3 Å². The van der Waals surface area contributed by atoms with E-state index in [0.29, 0.717) is 52.3 Å². The lowest BCUT2D eigenvalue weighted by atomic mass is 10.0. The number of sulfonamides is 1. The van der Waals surface area contributed by atoms with Gasteiger partial charge in [0.1, 0.15) is 30.0 Å². The van der Waals surface area contributed by atoms with Crippen LogP contribution in [0.25, 0.3) is 22.0 Å². The second kappa shape index (κ2) is 21.5. The highest BCUT2D eigenvalue weighted by atomic mass is 127. The van der Waals surface area contributed by atoms with Crippen LogP contribution in [-0.4, -0.2) is 125 Å². The van der Waals surface area contributed by atoms with Gasteiger partial charge in [0.2, 0.25) is 10.0 Å². The molecule has 0 unspecified atom stereocenters. The molecule has 6 aromatic rings. The molecule has 2 atom stereocenters. The molecular weight excluding hydrogens is 1070 g/mol. The number of piperidine rings is 1. The lowest BCUT2D eigenvalue weighted by molar-refractivity contribution is -0.140. The second-order valence-corrected chi connectivity index (χ2v) is 20.8. The smallest absolute Gasteiger partial charge is 0.406 e. The largest absolute Gasteiger partial charge is 0.495 e. The first-order valence-corrected chi connectivity index (χ1v) is 25.0. The van der Waals surface area contributed by atoms with Crippen molar-refractivity contribution in [2.24, 2.45) is 0 Å². The number of rotatable bonds is 16. The zero-order valence-corrected chi connectivity index (χ0v) is 41.9. The SMILES string of the molecule is COc1cc(S(=O)(=O)N2CCN(CC(F)(F)COc3cccc(Cn4cc(-c5c(C)noc5C)ccc4=O)c3)CC2)ccc1NCC#Cc1cc2c(N[C@@H]3CCN(I)C[C@@H]3F)cccc2n1CC(F)(F)F. The zero-order chi connectivity index (χ0) is 50.7. The molecule has 0 aliphatic carbocycles. The summed E-state index contributed by atoms with van der Waals surface area (Å²) in [7, 11) is -2.72. The number of nitrogens with one attached hydrogen (secondary N) is 2. The van der Waals surface area contributed by atoms with Gasteiger partial charge in [-0.15, -0.1) is 0 Å². The standard InChI is InChI=1S/C49H51F6IN8O6S/c1-32-47(33(2)70-59-32)35-12-15-46(65)61(27-35)26-34-7-4-9-37(23-34)69-31-48(51,52)29-60-19-21-63(22-20-60)71(66,67)38-13-14-43(45(25-38)68-3)57-17-6-8-36-24-39-41(58-42-16-18-62(56)28-40(42)50)10-5-11-44(39)64(36)30-49(53,54)55/h4-5,7,9-15,23-25,27,40,42,57-58H,16-22,26,28-31H2,1-3H3/t40-,42+/m0/s1. The number of pyridine rings is 1. The molecule has 2 N–H and O–H groups in total. The zero-order valence-electron chi connectivity index (χ0n) is 38.9. The van der Waals surface area contributed by atoms with Crippen molar-refractivity contribution in [3.8, 4) is 34.5 Å². The van der Waals surface area contributed by atoms with Crippen LogP contribution in [0.4, 0.5) is 37.7 Å². The van der Waals surface area contributed by atoms with Crippen LogP contribution in [0.1, 0.15) is 29.1 Å².